The number of nitrogens with one attached hydrogen (secondary N) is 1. The zero-order valence-electron chi connectivity index (χ0n) is 8.18. The van der Waals surface area contributed by atoms with E-state index in [1.165, 1.54) is 0 Å². The molecule has 2 heterocycles. The fourth-order valence-electron chi connectivity index (χ4n) is 2.43. The van der Waals surface area contributed by atoms with Gasteiger partial charge in [0.15, 0.2) is 0 Å². The summed E-state index contributed by atoms with van der Waals surface area (Å²) in [5.74, 6) is 0.327. The van der Waals surface area contributed by atoms with Crippen molar-refractivity contribution in [2.45, 2.75) is 18.5 Å². The lowest BCUT2D eigenvalue weighted by Crippen LogP contribution is -2.48. The average molecular weight is 204 g/mol. The molecule has 2 unspecified atom stereocenters. The van der Waals surface area contributed by atoms with Crippen LogP contribution in [0.1, 0.15) is 6.42 Å². The Kier molecular flexibility index (Phi) is 1.73. The minimum Gasteiger partial charge on any atom is -0.508 e. The summed E-state index contributed by atoms with van der Waals surface area (Å²) in [7, 11) is 0. The summed E-state index contributed by atoms with van der Waals surface area (Å²) in [6.45, 7) is 0.853. The third kappa shape index (κ3) is 1.22. The second-order valence-electron chi connectivity index (χ2n) is 4.08. The number of aromatic hydroxyl groups is 1. The Hall–Kier alpha value is -1.55. The molecule has 2 N–H and O–H groups in total. The maximum absolute atomic E-state index is 11.9. The van der Waals surface area contributed by atoms with Crippen LogP contribution >= 0.6 is 0 Å². The zero-order valence-corrected chi connectivity index (χ0v) is 8.18. The van der Waals surface area contributed by atoms with Crippen molar-refractivity contribution in [2.24, 2.45) is 0 Å². The Balaban J connectivity index is 1.98. The number of carbonyl (C=O) groups is 1. The summed E-state index contributed by atoms with van der Waals surface area (Å²) in [4.78, 5) is 13.7. The van der Waals surface area contributed by atoms with Crippen LogP contribution in [0.4, 0.5) is 5.69 Å². The van der Waals surface area contributed by atoms with Crippen molar-refractivity contribution in [1.29, 1.82) is 0 Å². The lowest BCUT2D eigenvalue weighted by molar-refractivity contribution is -0.119. The van der Waals surface area contributed by atoms with Crippen LogP contribution in [-0.4, -0.2) is 29.6 Å². The highest BCUT2D eigenvalue weighted by atomic mass is 16.3. The molecular weight excluding hydrogens is 192 g/mol. The third-order valence-electron chi connectivity index (χ3n) is 3.12. The van der Waals surface area contributed by atoms with Crippen LogP contribution in [0.25, 0.3) is 0 Å². The molecule has 78 valence electrons. The Morgan fingerprint density at radius 1 is 1.47 bits per heavy atom. The first kappa shape index (κ1) is 8.73. The van der Waals surface area contributed by atoms with Crippen molar-refractivity contribution < 1.29 is 9.90 Å². The molecule has 2 fully saturated rings. The summed E-state index contributed by atoms with van der Waals surface area (Å²) < 4.78 is 0. The molecule has 0 radical (unpaired) electrons. The van der Waals surface area contributed by atoms with Gasteiger partial charge in [-0.25, -0.2) is 0 Å². The topological polar surface area (TPSA) is 52.6 Å². The van der Waals surface area contributed by atoms with Crippen molar-refractivity contribution in [3.63, 3.8) is 0 Å². The van der Waals surface area contributed by atoms with Crippen LogP contribution < -0.4 is 10.2 Å². The van der Waals surface area contributed by atoms with E-state index in [1.54, 1.807) is 23.1 Å². The normalized spacial score (nSPS) is 28.8. The quantitative estimate of drug-likeness (QED) is 0.699. The monoisotopic (exact) mass is 204 g/mol. The number of fused-ring (bicyclic) bond motifs is 2. The van der Waals surface area contributed by atoms with Crippen LogP contribution in [0.15, 0.2) is 24.3 Å². The smallest absolute Gasteiger partial charge is 0.244 e. The summed E-state index contributed by atoms with van der Waals surface area (Å²) in [6, 6.07) is 7.11. The summed E-state index contributed by atoms with van der Waals surface area (Å²) in [6.07, 6.45) is 0.883. The van der Waals surface area contributed by atoms with Crippen LogP contribution in [0.5, 0.6) is 5.75 Å². The minimum absolute atomic E-state index is 0.0163. The van der Waals surface area contributed by atoms with E-state index in [0.717, 1.165) is 18.7 Å². The molecule has 2 atom stereocenters. The number of carbonyl (C=O) groups excluding carboxylic acids is 1. The molecule has 2 bridgehead atoms. The van der Waals surface area contributed by atoms with Crippen LogP contribution in [0.3, 0.4) is 0 Å². The molecule has 0 aromatic heterocycles. The highest BCUT2D eigenvalue weighted by Gasteiger charge is 2.45. The predicted molar refractivity (Wildman–Crippen MR) is 55.8 cm³/mol. The summed E-state index contributed by atoms with van der Waals surface area (Å²) in [5, 5.41) is 12.5. The Labute approximate surface area is 87.5 Å². The highest BCUT2D eigenvalue weighted by molar-refractivity contribution is 6.01. The first-order chi connectivity index (χ1) is 7.25. The molecule has 1 aromatic carbocycles. The maximum Gasteiger partial charge on any atom is 0.244 e. The van der Waals surface area contributed by atoms with Crippen LogP contribution in [-0.2, 0) is 4.79 Å². The van der Waals surface area contributed by atoms with Gasteiger partial charge in [-0.3, -0.25) is 4.79 Å². The summed E-state index contributed by atoms with van der Waals surface area (Å²) in [5.41, 5.74) is 0.800. The predicted octanol–water partition coefficient (Wildman–Crippen LogP) is 0.469. The molecular formula is C11H12N2O2. The fourth-order valence-corrected chi connectivity index (χ4v) is 2.43. The van der Waals surface area contributed by atoms with Crippen molar-refractivity contribution in [2.75, 3.05) is 11.4 Å². The largest absolute Gasteiger partial charge is 0.508 e. The minimum atomic E-state index is -0.0163. The maximum atomic E-state index is 11.9. The molecule has 4 heteroatoms. The lowest BCUT2D eigenvalue weighted by Gasteiger charge is -2.27. The molecule has 0 saturated carbocycles. The van der Waals surface area contributed by atoms with E-state index in [-0.39, 0.29) is 23.7 Å². The molecule has 0 spiro atoms. The van der Waals surface area contributed by atoms with E-state index in [1.807, 2.05) is 6.07 Å². The van der Waals surface area contributed by atoms with Crippen molar-refractivity contribution in [3.8, 4) is 5.75 Å². The highest BCUT2D eigenvalue weighted by Crippen LogP contribution is 2.31. The number of rotatable bonds is 1. The van der Waals surface area contributed by atoms with Gasteiger partial charge in [-0.05, 0) is 18.6 Å². The number of anilines is 1. The molecule has 2 aliphatic rings. The van der Waals surface area contributed by atoms with Crippen molar-refractivity contribution in [1.82, 2.24) is 5.32 Å². The van der Waals surface area contributed by atoms with Gasteiger partial charge < -0.3 is 15.3 Å². The molecule has 2 aliphatic heterocycles. The van der Waals surface area contributed by atoms with Gasteiger partial charge in [0.2, 0.25) is 5.91 Å². The van der Waals surface area contributed by atoms with Gasteiger partial charge in [-0.1, -0.05) is 6.07 Å². The molecule has 15 heavy (non-hydrogen) atoms. The first-order valence-corrected chi connectivity index (χ1v) is 5.11. The second kappa shape index (κ2) is 2.97. The van der Waals surface area contributed by atoms with E-state index in [9.17, 15) is 9.90 Å². The van der Waals surface area contributed by atoms with E-state index in [4.69, 9.17) is 0 Å². The molecule has 1 amide bonds. The molecule has 1 aromatic rings. The Morgan fingerprint density at radius 3 is 3.00 bits per heavy atom. The molecule has 4 nitrogen and oxygen atoms in total. The van der Waals surface area contributed by atoms with Gasteiger partial charge in [-0.15, -0.1) is 0 Å². The standard InChI is InChI=1S/C11H12N2O2/c14-9-3-1-2-7(4-9)13-8-5-10(11(13)15)12-6-8/h1-4,8,10,12,14H,5-6H2. The summed E-state index contributed by atoms with van der Waals surface area (Å²) >= 11 is 0. The fraction of sp³-hybridized carbons (Fsp3) is 0.364. The van der Waals surface area contributed by atoms with E-state index in [2.05, 4.69) is 5.32 Å². The number of piperazine rings is 1. The Bertz CT molecular complexity index is 419. The number of amides is 1. The second-order valence-corrected chi connectivity index (χ2v) is 4.08. The van der Waals surface area contributed by atoms with Crippen LogP contribution in [0.2, 0.25) is 0 Å². The van der Waals surface area contributed by atoms with Crippen LogP contribution in [0, 0.1) is 0 Å². The number of phenolic OH excluding ortho intramolecular Hbond substituents is 1. The number of nitrogens with zero attached hydrogens (tertiary/aromatic N) is 1. The van der Waals surface area contributed by atoms with Gasteiger partial charge in [0, 0.05) is 18.3 Å². The third-order valence-corrected chi connectivity index (χ3v) is 3.12. The van der Waals surface area contributed by atoms with Gasteiger partial charge in [-0.2, -0.15) is 0 Å². The van der Waals surface area contributed by atoms with Gasteiger partial charge >= 0.3 is 0 Å². The van der Waals surface area contributed by atoms with Gasteiger partial charge in [0.25, 0.3) is 0 Å². The number of hydrogen-bond donors (Lipinski definition) is 2. The van der Waals surface area contributed by atoms with E-state index in [0.29, 0.717) is 0 Å². The Morgan fingerprint density at radius 2 is 2.33 bits per heavy atom. The van der Waals surface area contributed by atoms with Gasteiger partial charge in [0.1, 0.15) is 5.75 Å². The van der Waals surface area contributed by atoms with Crippen molar-refractivity contribution in [3.05, 3.63) is 24.3 Å². The number of phenols is 1. The van der Waals surface area contributed by atoms with E-state index >= 15 is 0 Å². The molecule has 0 aliphatic carbocycles. The lowest BCUT2D eigenvalue weighted by atomic mass is 10.2. The van der Waals surface area contributed by atoms with Crippen molar-refractivity contribution >= 4 is 11.6 Å². The molecule has 2 saturated heterocycles. The zero-order chi connectivity index (χ0) is 10.4. The first-order valence-electron chi connectivity index (χ1n) is 5.11. The number of hydrogen-bond acceptors (Lipinski definition) is 3. The number of benzene rings is 1. The average Bonchev–Trinajstić information content (AvgIpc) is 2.77. The van der Waals surface area contributed by atoms with E-state index < -0.39 is 0 Å². The molecule has 3 rings (SSSR count). The van der Waals surface area contributed by atoms with Gasteiger partial charge in [0.05, 0.1) is 12.1 Å². The SMILES string of the molecule is O=C1C2CC(CN2)N1c1cccc(O)c1.